The number of rotatable bonds is 12. The number of aliphatic hydroxyl groups is 1. The van der Waals surface area contributed by atoms with E-state index in [-0.39, 0.29) is 64.6 Å². The first-order valence-corrected chi connectivity index (χ1v) is 34.2. The number of allylic oxidation sites excluding steroid dienone is 2. The Morgan fingerprint density at radius 2 is 0.933 bits per heavy atom. The Bertz CT molecular complexity index is 4340. The maximum Gasteiger partial charge on any atom is 0.162 e. The largest absolute Gasteiger partial charge is 0.512 e. The minimum atomic E-state index is -0.207. The van der Waals surface area contributed by atoms with Crippen LogP contribution in [0, 0.1) is 52.0 Å². The third kappa shape index (κ3) is 14.2. The number of hydrogen-bond acceptors (Lipinski definition) is 6. The van der Waals surface area contributed by atoms with Crippen molar-refractivity contribution in [2.45, 2.75) is 202 Å². The van der Waals surface area contributed by atoms with E-state index in [9.17, 15) is 9.90 Å². The summed E-state index contributed by atoms with van der Waals surface area (Å²) in [7, 11) is 0. The van der Waals surface area contributed by atoms with Gasteiger partial charge < -0.3 is 5.11 Å². The minimum Gasteiger partial charge on any atom is -0.512 e. The molecule has 10 aromatic rings. The van der Waals surface area contributed by atoms with Crippen LogP contribution in [0.3, 0.4) is 0 Å². The van der Waals surface area contributed by atoms with Gasteiger partial charge >= 0.3 is 0 Å². The van der Waals surface area contributed by atoms with Crippen molar-refractivity contribution in [3.05, 3.63) is 167 Å². The first kappa shape index (κ1) is 67.6. The maximum atomic E-state index is 12.0. The molecule has 0 fully saturated rings. The van der Waals surface area contributed by atoms with Gasteiger partial charge in [0.1, 0.15) is 5.76 Å². The SMILES string of the molecule is CC(C)(C)Cc1c2c([c-]c3ccccc13)-c1nccc3c1c(cc1c(CC(C)(C)C)cccc13)S2.CCC(CC)C(=O)/C=C(\O)C(CC)(CC)CC.Cc1ccc2c(CC(C)(C)C)c3c([c-]c2c1)-c1nccc2c1c(cc1c(CC(C)(C)C)cccc12)S3.[Ir]. The Morgan fingerprint density at radius 3 is 1.37 bits per heavy atom. The molecular formula is C82H94IrN2O2S2-2. The molecule has 0 saturated heterocycles. The van der Waals surface area contributed by atoms with E-state index in [1.54, 1.807) is 0 Å². The van der Waals surface area contributed by atoms with E-state index in [1.165, 1.54) is 124 Å². The van der Waals surface area contributed by atoms with Crippen molar-refractivity contribution in [2.24, 2.45) is 33.0 Å². The number of pyridine rings is 2. The summed E-state index contributed by atoms with van der Waals surface area (Å²) < 4.78 is 0. The van der Waals surface area contributed by atoms with Gasteiger partial charge in [0.05, 0.1) is 0 Å². The van der Waals surface area contributed by atoms with Crippen molar-refractivity contribution in [2.75, 3.05) is 0 Å². The Hall–Kier alpha value is -5.82. The molecular weight excluding hydrogens is 1300 g/mol. The summed E-state index contributed by atoms with van der Waals surface area (Å²) in [6.45, 7) is 40.4. The van der Waals surface area contributed by atoms with Crippen molar-refractivity contribution in [1.82, 2.24) is 9.97 Å². The summed E-state index contributed by atoms with van der Waals surface area (Å²) in [5.41, 5.74) is 12.1. The maximum absolute atomic E-state index is 12.0. The van der Waals surface area contributed by atoms with Gasteiger partial charge in [-0.1, -0.05) is 223 Å². The zero-order chi connectivity index (χ0) is 63.4. The molecule has 0 amide bonds. The third-order valence-electron chi connectivity index (χ3n) is 18.2. The van der Waals surface area contributed by atoms with E-state index in [0.29, 0.717) is 0 Å². The Morgan fingerprint density at radius 1 is 0.506 bits per heavy atom. The van der Waals surface area contributed by atoms with E-state index >= 15 is 0 Å². The molecule has 12 rings (SSSR count). The molecule has 0 atom stereocenters. The zero-order valence-electron chi connectivity index (χ0n) is 56.4. The van der Waals surface area contributed by atoms with E-state index < -0.39 is 0 Å². The van der Waals surface area contributed by atoms with Crippen molar-refractivity contribution >= 4 is 93.9 Å². The van der Waals surface area contributed by atoms with Crippen LogP contribution in [0.2, 0.25) is 0 Å². The molecule has 0 aliphatic carbocycles. The molecule has 0 bridgehead atoms. The minimum absolute atomic E-state index is 0. The van der Waals surface area contributed by atoms with Crippen LogP contribution in [0.25, 0.3) is 87.1 Å². The predicted molar refractivity (Wildman–Crippen MR) is 381 cm³/mol. The second-order valence-electron chi connectivity index (χ2n) is 30.1. The van der Waals surface area contributed by atoms with Crippen LogP contribution in [0.1, 0.15) is 178 Å². The van der Waals surface area contributed by atoms with Gasteiger partial charge in [-0.3, -0.25) is 14.8 Å². The average Bonchev–Trinajstić information content (AvgIpc) is 0.777. The van der Waals surface area contributed by atoms with Crippen molar-refractivity contribution in [3.63, 3.8) is 0 Å². The topological polar surface area (TPSA) is 63.1 Å². The standard InChI is InChI=1S/C34H34NS.C33H32NS.C15H28O2.Ir/c1-20-11-12-23-22(15-20)16-27-31-30-25(13-14-35-31)24-10-8-9-21(18-33(2,3)4)26(24)17-29(30)36-32(27)28(23)19-34(5,6)7;1-32(2,3)18-21-11-9-13-23-24-14-15-34-30-26-16-20-10-7-8-12-22(20)27(19-33(4,5)6)31(26)35-28(29(24)30)17-25(21)23;1-6-12(7-2)13(16)11-14(17)15(8-3,9-4)10-5;/h8-15,17H,18-19H2,1-7H3;7-15,17H,18-19H2,1-6H3;11-12,17H,6-10H2,1-5H3;/q2*-1;;/b;;14-11-;. The van der Waals surface area contributed by atoms with Crippen molar-refractivity contribution < 1.29 is 30.0 Å². The number of aliphatic hydroxyl groups excluding tert-OH is 1. The van der Waals surface area contributed by atoms with E-state index in [2.05, 4.69) is 226 Å². The molecule has 89 heavy (non-hydrogen) atoms. The Labute approximate surface area is 554 Å². The number of hydrogen-bond donors (Lipinski definition) is 1. The summed E-state index contributed by atoms with van der Waals surface area (Å²) in [5, 5.41) is 25.8. The molecule has 467 valence electrons. The molecule has 2 aliphatic rings. The molecule has 0 spiro atoms. The van der Waals surface area contributed by atoms with Crippen LogP contribution in [0.5, 0.6) is 0 Å². The molecule has 2 aliphatic heterocycles. The van der Waals surface area contributed by atoms with Gasteiger partial charge in [-0.2, -0.15) is 0 Å². The predicted octanol–water partition coefficient (Wildman–Crippen LogP) is 24.3. The fraction of sp³-hybridized carbons (Fsp3) is 0.402. The number of carbonyl (C=O) groups excluding carboxylic acids is 1. The van der Waals surface area contributed by atoms with Crippen LogP contribution in [0.4, 0.5) is 0 Å². The van der Waals surface area contributed by atoms with Gasteiger partial charge in [-0.25, -0.2) is 0 Å². The molecule has 1 N–H and O–H groups in total. The number of ketones is 1. The zero-order valence-corrected chi connectivity index (χ0v) is 60.4. The smallest absolute Gasteiger partial charge is 0.162 e. The normalized spacial score (nSPS) is 13.3. The molecule has 4 heterocycles. The van der Waals surface area contributed by atoms with E-state index in [1.807, 2.05) is 49.8 Å². The molecule has 1 radical (unpaired) electrons. The van der Waals surface area contributed by atoms with E-state index in [4.69, 9.17) is 9.97 Å². The number of benzene rings is 8. The van der Waals surface area contributed by atoms with Crippen LogP contribution < -0.4 is 0 Å². The number of aryl methyl sites for hydroxylation is 1. The quantitative estimate of drug-likeness (QED) is 0.0569. The van der Waals surface area contributed by atoms with Gasteiger partial charge in [-0.15, -0.1) is 58.6 Å². The number of nitrogens with zero attached hydrogens (tertiary/aromatic N) is 2. The van der Waals surface area contributed by atoms with Crippen LogP contribution in [-0.2, 0) is 50.6 Å². The monoisotopic (exact) mass is 1400 g/mol. The fourth-order valence-corrected chi connectivity index (χ4v) is 16.2. The molecule has 4 nitrogen and oxygen atoms in total. The third-order valence-corrected chi connectivity index (χ3v) is 20.6. The summed E-state index contributed by atoms with van der Waals surface area (Å²) in [6, 6.07) is 46.1. The van der Waals surface area contributed by atoms with Gasteiger partial charge in [-0.05, 0) is 175 Å². The molecule has 8 aromatic carbocycles. The van der Waals surface area contributed by atoms with Crippen LogP contribution >= 0.6 is 23.5 Å². The number of carbonyl (C=O) groups is 1. The van der Waals surface area contributed by atoms with Crippen molar-refractivity contribution in [3.8, 4) is 22.5 Å². The average molecular weight is 1400 g/mol. The first-order chi connectivity index (χ1) is 41.6. The second kappa shape index (κ2) is 26.4. The van der Waals surface area contributed by atoms with E-state index in [0.717, 1.165) is 74.7 Å². The summed E-state index contributed by atoms with van der Waals surface area (Å²) in [5.74, 6) is 0.412. The van der Waals surface area contributed by atoms with Crippen molar-refractivity contribution in [1.29, 1.82) is 0 Å². The number of fused-ring (bicyclic) bond motifs is 10. The van der Waals surface area contributed by atoms with Gasteiger partial charge in [0, 0.05) is 71.1 Å². The first-order valence-electron chi connectivity index (χ1n) is 32.5. The van der Waals surface area contributed by atoms with Crippen LogP contribution in [0.15, 0.2) is 147 Å². The summed E-state index contributed by atoms with van der Waals surface area (Å²) >= 11 is 3.86. The number of aromatic nitrogens is 2. The van der Waals surface area contributed by atoms with Gasteiger partial charge in [0.25, 0.3) is 0 Å². The molecule has 0 unspecified atom stereocenters. The summed E-state index contributed by atoms with van der Waals surface area (Å²) in [4.78, 5) is 27.2. The fourth-order valence-electron chi connectivity index (χ4n) is 13.7. The Kier molecular flexibility index (Phi) is 20.1. The van der Waals surface area contributed by atoms with Gasteiger partial charge in [0.2, 0.25) is 0 Å². The molecule has 2 aromatic heterocycles. The Balaban J connectivity index is 0.000000168. The van der Waals surface area contributed by atoms with Crippen LogP contribution in [-0.4, -0.2) is 20.9 Å². The molecule has 7 heteroatoms. The summed E-state index contributed by atoms with van der Waals surface area (Å²) in [6.07, 6.45) is 13.9. The second-order valence-corrected chi connectivity index (χ2v) is 32.2. The molecule has 0 saturated carbocycles. The van der Waals surface area contributed by atoms with Gasteiger partial charge in [0.15, 0.2) is 5.78 Å².